The van der Waals surface area contributed by atoms with Gasteiger partial charge in [-0.2, -0.15) is 0 Å². The summed E-state index contributed by atoms with van der Waals surface area (Å²) in [6.07, 6.45) is 1.50. The number of likely N-dealkylation sites (tertiary alicyclic amines) is 1. The molecule has 1 heterocycles. The quantitative estimate of drug-likeness (QED) is 0.887. The first-order valence-corrected chi connectivity index (χ1v) is 7.43. The van der Waals surface area contributed by atoms with Gasteiger partial charge in [0.15, 0.2) is 0 Å². The number of piperidine rings is 1. The van der Waals surface area contributed by atoms with Gasteiger partial charge in [0.05, 0.1) is 6.10 Å². The summed E-state index contributed by atoms with van der Waals surface area (Å²) in [5.41, 5.74) is 1.78. The Hall–Kier alpha value is -1.55. The molecule has 20 heavy (non-hydrogen) atoms. The molecule has 0 bridgehead atoms. The van der Waals surface area contributed by atoms with Crippen molar-refractivity contribution in [2.24, 2.45) is 5.92 Å². The van der Waals surface area contributed by atoms with Gasteiger partial charge in [-0.05, 0) is 56.9 Å². The smallest absolute Gasteiger partial charge is 0.253 e. The van der Waals surface area contributed by atoms with Crippen LogP contribution in [0.25, 0.3) is 0 Å². The minimum atomic E-state index is -0.272. The van der Waals surface area contributed by atoms with Crippen molar-refractivity contribution in [3.63, 3.8) is 0 Å². The first-order valence-electron chi connectivity index (χ1n) is 7.43. The highest BCUT2D eigenvalue weighted by molar-refractivity contribution is 5.94. The molecule has 1 unspecified atom stereocenters. The Bertz CT molecular complexity index is 434. The van der Waals surface area contributed by atoms with E-state index in [1.54, 1.807) is 0 Å². The molecular formula is C16H24N2O2. The van der Waals surface area contributed by atoms with Gasteiger partial charge < -0.3 is 15.3 Å². The van der Waals surface area contributed by atoms with Crippen LogP contribution in [-0.4, -0.2) is 41.7 Å². The Kier molecular flexibility index (Phi) is 5.01. The van der Waals surface area contributed by atoms with E-state index in [2.05, 4.69) is 5.32 Å². The molecule has 1 atom stereocenters. The van der Waals surface area contributed by atoms with Gasteiger partial charge >= 0.3 is 0 Å². The second-order valence-corrected chi connectivity index (χ2v) is 5.48. The Morgan fingerprint density at radius 1 is 1.35 bits per heavy atom. The molecule has 4 nitrogen and oxygen atoms in total. The zero-order chi connectivity index (χ0) is 14.5. The summed E-state index contributed by atoms with van der Waals surface area (Å²) in [5, 5.41) is 12.8. The number of amides is 1. The number of hydrogen-bond acceptors (Lipinski definition) is 3. The molecule has 1 fully saturated rings. The number of hydrogen-bond donors (Lipinski definition) is 2. The van der Waals surface area contributed by atoms with Crippen molar-refractivity contribution < 1.29 is 9.90 Å². The average molecular weight is 276 g/mol. The van der Waals surface area contributed by atoms with Crippen LogP contribution in [0.1, 0.15) is 37.0 Å². The highest BCUT2D eigenvalue weighted by Gasteiger charge is 2.25. The van der Waals surface area contributed by atoms with Crippen LogP contribution in [0.5, 0.6) is 0 Å². The maximum absolute atomic E-state index is 12.4. The number of nitrogens with zero attached hydrogens (tertiary/aromatic N) is 1. The fourth-order valence-corrected chi connectivity index (χ4v) is 2.70. The van der Waals surface area contributed by atoms with Gasteiger partial charge in [0.2, 0.25) is 0 Å². The summed E-state index contributed by atoms with van der Waals surface area (Å²) in [7, 11) is 0. The van der Waals surface area contributed by atoms with Crippen molar-refractivity contribution in [1.29, 1.82) is 0 Å². The van der Waals surface area contributed by atoms with Crippen molar-refractivity contribution in [2.45, 2.75) is 32.8 Å². The molecule has 1 aromatic rings. The van der Waals surface area contributed by atoms with Gasteiger partial charge in [-0.1, -0.05) is 0 Å². The van der Waals surface area contributed by atoms with E-state index in [1.807, 2.05) is 43.0 Å². The third kappa shape index (κ3) is 3.51. The van der Waals surface area contributed by atoms with E-state index < -0.39 is 0 Å². The number of benzene rings is 1. The Balaban J connectivity index is 1.94. The van der Waals surface area contributed by atoms with Gasteiger partial charge in [-0.15, -0.1) is 0 Å². The van der Waals surface area contributed by atoms with Gasteiger partial charge in [-0.25, -0.2) is 0 Å². The molecule has 1 aromatic carbocycles. The lowest BCUT2D eigenvalue weighted by atomic mass is 9.92. The molecule has 0 aliphatic carbocycles. The van der Waals surface area contributed by atoms with Gasteiger partial charge in [0.25, 0.3) is 5.91 Å². The first-order chi connectivity index (χ1) is 9.61. The minimum absolute atomic E-state index is 0.0945. The molecular weight excluding hydrogens is 252 g/mol. The van der Waals surface area contributed by atoms with Crippen molar-refractivity contribution in [3.8, 4) is 0 Å². The zero-order valence-electron chi connectivity index (χ0n) is 12.3. The first kappa shape index (κ1) is 14.9. The van der Waals surface area contributed by atoms with E-state index in [0.717, 1.165) is 43.7 Å². The SMILES string of the molecule is CCNc1ccc(C(=O)N2CCC(C(C)O)CC2)cc1. The molecule has 0 aromatic heterocycles. The molecule has 1 saturated heterocycles. The van der Waals surface area contributed by atoms with Gasteiger partial charge in [0, 0.05) is 30.9 Å². The fraction of sp³-hybridized carbons (Fsp3) is 0.562. The van der Waals surface area contributed by atoms with Crippen LogP contribution in [0, 0.1) is 5.92 Å². The molecule has 0 saturated carbocycles. The predicted molar refractivity (Wildman–Crippen MR) is 80.9 cm³/mol. The third-order valence-electron chi connectivity index (χ3n) is 4.02. The molecule has 0 radical (unpaired) electrons. The molecule has 1 amide bonds. The van der Waals surface area contributed by atoms with E-state index in [1.165, 1.54) is 0 Å². The lowest BCUT2D eigenvalue weighted by molar-refractivity contribution is 0.0521. The predicted octanol–water partition coefficient (Wildman–Crippen LogP) is 2.35. The minimum Gasteiger partial charge on any atom is -0.393 e. The number of carbonyl (C=O) groups is 1. The van der Waals surface area contributed by atoms with Crippen LogP contribution in [0.4, 0.5) is 5.69 Å². The standard InChI is InChI=1S/C16H24N2O2/c1-3-17-15-6-4-14(5-7-15)16(20)18-10-8-13(9-11-18)12(2)19/h4-7,12-13,17,19H,3,8-11H2,1-2H3. The van der Waals surface area contributed by atoms with Crippen molar-refractivity contribution in [3.05, 3.63) is 29.8 Å². The summed E-state index contributed by atoms with van der Waals surface area (Å²) in [6.45, 7) is 6.24. The van der Waals surface area contributed by atoms with Gasteiger partial charge in [-0.3, -0.25) is 4.79 Å². The maximum Gasteiger partial charge on any atom is 0.253 e. The van der Waals surface area contributed by atoms with Crippen molar-refractivity contribution in [1.82, 2.24) is 4.90 Å². The number of carbonyl (C=O) groups excluding carboxylic acids is 1. The highest BCUT2D eigenvalue weighted by Crippen LogP contribution is 2.22. The van der Waals surface area contributed by atoms with E-state index >= 15 is 0 Å². The van der Waals surface area contributed by atoms with Crippen LogP contribution >= 0.6 is 0 Å². The molecule has 1 aliphatic heterocycles. The summed E-state index contributed by atoms with van der Waals surface area (Å²) in [5.74, 6) is 0.423. The zero-order valence-corrected chi connectivity index (χ0v) is 12.3. The third-order valence-corrected chi connectivity index (χ3v) is 4.02. The van der Waals surface area contributed by atoms with Crippen molar-refractivity contribution in [2.75, 3.05) is 25.0 Å². The lowest BCUT2D eigenvalue weighted by Gasteiger charge is -2.33. The average Bonchev–Trinajstić information content (AvgIpc) is 2.48. The Morgan fingerprint density at radius 3 is 2.45 bits per heavy atom. The second-order valence-electron chi connectivity index (χ2n) is 5.48. The summed E-state index contributed by atoms with van der Waals surface area (Å²) in [6, 6.07) is 7.64. The number of aliphatic hydroxyl groups is 1. The van der Waals surface area contributed by atoms with E-state index in [9.17, 15) is 9.90 Å². The van der Waals surface area contributed by atoms with Gasteiger partial charge in [0.1, 0.15) is 0 Å². The van der Waals surface area contributed by atoms with Crippen LogP contribution in [0.2, 0.25) is 0 Å². The number of aliphatic hydroxyl groups excluding tert-OH is 1. The van der Waals surface area contributed by atoms with E-state index in [-0.39, 0.29) is 12.0 Å². The summed E-state index contributed by atoms with van der Waals surface area (Å²) >= 11 is 0. The molecule has 2 N–H and O–H groups in total. The normalized spacial score (nSPS) is 17.9. The van der Waals surface area contributed by atoms with Crippen LogP contribution in [0.15, 0.2) is 24.3 Å². The van der Waals surface area contributed by atoms with Crippen LogP contribution < -0.4 is 5.32 Å². The van der Waals surface area contributed by atoms with Crippen LogP contribution in [-0.2, 0) is 0 Å². The molecule has 0 spiro atoms. The Morgan fingerprint density at radius 2 is 1.95 bits per heavy atom. The molecule has 2 rings (SSSR count). The van der Waals surface area contributed by atoms with Crippen LogP contribution in [0.3, 0.4) is 0 Å². The van der Waals surface area contributed by atoms with Crippen molar-refractivity contribution >= 4 is 11.6 Å². The summed E-state index contributed by atoms with van der Waals surface area (Å²) < 4.78 is 0. The molecule has 110 valence electrons. The highest BCUT2D eigenvalue weighted by atomic mass is 16.3. The Labute approximate surface area is 120 Å². The molecule has 4 heteroatoms. The number of anilines is 1. The largest absolute Gasteiger partial charge is 0.393 e. The topological polar surface area (TPSA) is 52.6 Å². The maximum atomic E-state index is 12.4. The van der Waals surface area contributed by atoms with E-state index in [4.69, 9.17) is 0 Å². The summed E-state index contributed by atoms with van der Waals surface area (Å²) in [4.78, 5) is 14.3. The van der Waals surface area contributed by atoms with E-state index in [0.29, 0.717) is 5.92 Å². The molecule has 1 aliphatic rings. The fourth-order valence-electron chi connectivity index (χ4n) is 2.70. The lowest BCUT2D eigenvalue weighted by Crippen LogP contribution is -2.40. The second kappa shape index (κ2) is 6.75. The monoisotopic (exact) mass is 276 g/mol. The number of rotatable bonds is 4. The number of nitrogens with one attached hydrogen (secondary N) is 1.